The molecule has 1 amide bonds. The van der Waals surface area contributed by atoms with E-state index < -0.39 is 0 Å². The molecule has 1 aromatic rings. The summed E-state index contributed by atoms with van der Waals surface area (Å²) in [7, 11) is 0. The number of aryl methyl sites for hydroxylation is 1. The van der Waals surface area contributed by atoms with Crippen molar-refractivity contribution in [2.75, 3.05) is 11.4 Å². The molecule has 1 unspecified atom stereocenters. The predicted molar refractivity (Wildman–Crippen MR) is 53.9 cm³/mol. The summed E-state index contributed by atoms with van der Waals surface area (Å²) in [6, 6.07) is 1.61. The monoisotopic (exact) mass is 191 g/mol. The van der Waals surface area contributed by atoms with Gasteiger partial charge in [0.05, 0.1) is 17.9 Å². The van der Waals surface area contributed by atoms with E-state index in [1.54, 1.807) is 17.3 Å². The molecule has 0 radical (unpaired) electrons. The van der Waals surface area contributed by atoms with Crippen molar-refractivity contribution in [2.24, 2.45) is 5.73 Å². The third kappa shape index (κ3) is 1.48. The molecular formula is C10H13N3O. The van der Waals surface area contributed by atoms with Gasteiger partial charge in [-0.3, -0.25) is 9.78 Å². The number of carbonyl (C=O) groups excluding carboxylic acids is 1. The first-order valence-corrected chi connectivity index (χ1v) is 4.67. The Morgan fingerprint density at radius 3 is 2.93 bits per heavy atom. The molecule has 0 aromatic carbocycles. The summed E-state index contributed by atoms with van der Waals surface area (Å²) in [6.45, 7) is 2.65. The summed E-state index contributed by atoms with van der Waals surface area (Å²) >= 11 is 0. The van der Waals surface area contributed by atoms with Crippen LogP contribution in [-0.4, -0.2) is 23.5 Å². The minimum Gasteiger partial charge on any atom is -0.320 e. The standard InChI is InChI=1S/C10H13N3O/c1-7-4-8(6-12-5-7)13-3-2-9(11)10(13)14/h4-6,9H,2-3,11H2,1H3. The van der Waals surface area contributed by atoms with Crippen LogP contribution in [0.4, 0.5) is 5.69 Å². The number of nitrogens with zero attached hydrogens (tertiary/aromatic N) is 2. The molecular weight excluding hydrogens is 178 g/mol. The van der Waals surface area contributed by atoms with Gasteiger partial charge in [-0.2, -0.15) is 0 Å². The van der Waals surface area contributed by atoms with Gasteiger partial charge >= 0.3 is 0 Å². The van der Waals surface area contributed by atoms with Crippen molar-refractivity contribution in [3.63, 3.8) is 0 Å². The van der Waals surface area contributed by atoms with Crippen molar-refractivity contribution in [1.29, 1.82) is 0 Å². The van der Waals surface area contributed by atoms with E-state index in [-0.39, 0.29) is 11.9 Å². The second-order valence-corrected chi connectivity index (χ2v) is 3.61. The van der Waals surface area contributed by atoms with Crippen LogP contribution in [0.15, 0.2) is 18.5 Å². The number of carbonyl (C=O) groups is 1. The maximum atomic E-state index is 11.6. The van der Waals surface area contributed by atoms with Gasteiger partial charge in [0.15, 0.2) is 0 Å². The zero-order valence-corrected chi connectivity index (χ0v) is 8.10. The second-order valence-electron chi connectivity index (χ2n) is 3.61. The summed E-state index contributed by atoms with van der Waals surface area (Å²) in [4.78, 5) is 17.3. The van der Waals surface area contributed by atoms with E-state index in [0.29, 0.717) is 6.54 Å². The molecule has 1 aliphatic rings. The van der Waals surface area contributed by atoms with E-state index in [0.717, 1.165) is 17.7 Å². The first kappa shape index (κ1) is 9.15. The Hall–Kier alpha value is -1.42. The molecule has 1 aliphatic heterocycles. The lowest BCUT2D eigenvalue weighted by molar-refractivity contribution is -0.118. The molecule has 0 bridgehead atoms. The van der Waals surface area contributed by atoms with E-state index in [4.69, 9.17) is 5.73 Å². The molecule has 0 saturated carbocycles. The van der Waals surface area contributed by atoms with Crippen molar-refractivity contribution in [1.82, 2.24) is 4.98 Å². The zero-order chi connectivity index (χ0) is 10.1. The third-order valence-electron chi connectivity index (χ3n) is 2.42. The number of hydrogen-bond acceptors (Lipinski definition) is 3. The SMILES string of the molecule is Cc1cncc(N2CCC(N)C2=O)c1. The average Bonchev–Trinajstić information content (AvgIpc) is 2.48. The minimum atomic E-state index is -0.337. The van der Waals surface area contributed by atoms with Crippen LogP contribution in [0.2, 0.25) is 0 Å². The number of amides is 1. The Labute approximate surface area is 82.7 Å². The minimum absolute atomic E-state index is 0.00241. The maximum absolute atomic E-state index is 11.6. The quantitative estimate of drug-likeness (QED) is 0.701. The van der Waals surface area contributed by atoms with Gasteiger partial charge in [0.25, 0.3) is 0 Å². The molecule has 2 N–H and O–H groups in total. The molecule has 0 aliphatic carbocycles. The molecule has 1 aromatic heterocycles. The van der Waals surface area contributed by atoms with Gasteiger partial charge in [-0.25, -0.2) is 0 Å². The van der Waals surface area contributed by atoms with Gasteiger partial charge in [-0.05, 0) is 25.0 Å². The van der Waals surface area contributed by atoms with Crippen LogP contribution in [-0.2, 0) is 4.79 Å². The number of anilines is 1. The summed E-state index contributed by atoms with van der Waals surface area (Å²) in [5, 5.41) is 0. The molecule has 14 heavy (non-hydrogen) atoms. The first-order chi connectivity index (χ1) is 6.68. The Morgan fingerprint density at radius 2 is 2.36 bits per heavy atom. The third-order valence-corrected chi connectivity index (χ3v) is 2.42. The lowest BCUT2D eigenvalue weighted by atomic mass is 10.3. The van der Waals surface area contributed by atoms with E-state index in [9.17, 15) is 4.79 Å². The van der Waals surface area contributed by atoms with Crippen molar-refractivity contribution < 1.29 is 4.79 Å². The smallest absolute Gasteiger partial charge is 0.244 e. The highest BCUT2D eigenvalue weighted by Crippen LogP contribution is 2.20. The molecule has 1 saturated heterocycles. The van der Waals surface area contributed by atoms with Gasteiger partial charge in [-0.1, -0.05) is 0 Å². The fraction of sp³-hybridized carbons (Fsp3) is 0.400. The number of nitrogens with two attached hydrogens (primary N) is 1. The van der Waals surface area contributed by atoms with Gasteiger partial charge in [0.1, 0.15) is 0 Å². The fourth-order valence-electron chi connectivity index (χ4n) is 1.64. The van der Waals surface area contributed by atoms with Crippen molar-refractivity contribution in [3.05, 3.63) is 24.0 Å². The van der Waals surface area contributed by atoms with Crippen LogP contribution in [0.3, 0.4) is 0 Å². The lowest BCUT2D eigenvalue weighted by Crippen LogP contribution is -2.34. The predicted octanol–water partition coefficient (Wildman–Crippen LogP) is 0.454. The van der Waals surface area contributed by atoms with Crippen molar-refractivity contribution >= 4 is 11.6 Å². The molecule has 1 fully saturated rings. The van der Waals surface area contributed by atoms with E-state index in [1.807, 2.05) is 13.0 Å². The van der Waals surface area contributed by atoms with Gasteiger partial charge in [0, 0.05) is 12.7 Å². The highest BCUT2D eigenvalue weighted by atomic mass is 16.2. The van der Waals surface area contributed by atoms with E-state index in [2.05, 4.69) is 4.98 Å². The van der Waals surface area contributed by atoms with Crippen LogP contribution in [0.25, 0.3) is 0 Å². The second kappa shape index (κ2) is 3.38. The first-order valence-electron chi connectivity index (χ1n) is 4.67. The molecule has 0 spiro atoms. The zero-order valence-electron chi connectivity index (χ0n) is 8.10. The van der Waals surface area contributed by atoms with Crippen LogP contribution >= 0.6 is 0 Å². The van der Waals surface area contributed by atoms with Crippen LogP contribution < -0.4 is 10.6 Å². The summed E-state index contributed by atoms with van der Waals surface area (Å²) in [5.41, 5.74) is 7.53. The summed E-state index contributed by atoms with van der Waals surface area (Å²) in [5.74, 6) is -0.00241. The highest BCUT2D eigenvalue weighted by Gasteiger charge is 2.29. The Morgan fingerprint density at radius 1 is 1.57 bits per heavy atom. The maximum Gasteiger partial charge on any atom is 0.244 e. The topological polar surface area (TPSA) is 59.2 Å². The Bertz CT molecular complexity index is 364. The number of aromatic nitrogens is 1. The molecule has 2 heterocycles. The number of rotatable bonds is 1. The van der Waals surface area contributed by atoms with Crippen molar-refractivity contribution in [3.8, 4) is 0 Å². The fourth-order valence-corrected chi connectivity index (χ4v) is 1.64. The lowest BCUT2D eigenvalue weighted by Gasteiger charge is -2.15. The van der Waals surface area contributed by atoms with E-state index in [1.165, 1.54) is 0 Å². The highest BCUT2D eigenvalue weighted by molar-refractivity contribution is 5.99. The summed E-state index contributed by atoms with van der Waals surface area (Å²) in [6.07, 6.45) is 4.19. The molecule has 74 valence electrons. The number of hydrogen-bond donors (Lipinski definition) is 1. The van der Waals surface area contributed by atoms with E-state index >= 15 is 0 Å². The normalized spacial score (nSPS) is 21.7. The van der Waals surface area contributed by atoms with Crippen LogP contribution in [0.1, 0.15) is 12.0 Å². The Balaban J connectivity index is 2.28. The molecule has 2 rings (SSSR count). The van der Waals surface area contributed by atoms with Gasteiger partial charge in [-0.15, -0.1) is 0 Å². The van der Waals surface area contributed by atoms with Gasteiger partial charge < -0.3 is 10.6 Å². The van der Waals surface area contributed by atoms with Crippen LogP contribution in [0, 0.1) is 6.92 Å². The van der Waals surface area contributed by atoms with Crippen molar-refractivity contribution in [2.45, 2.75) is 19.4 Å². The molecule has 4 heteroatoms. The average molecular weight is 191 g/mol. The van der Waals surface area contributed by atoms with Gasteiger partial charge in [0.2, 0.25) is 5.91 Å². The molecule has 4 nitrogen and oxygen atoms in total. The van der Waals surface area contributed by atoms with Crippen LogP contribution in [0.5, 0.6) is 0 Å². The molecule has 1 atom stereocenters. The largest absolute Gasteiger partial charge is 0.320 e. The summed E-state index contributed by atoms with van der Waals surface area (Å²) < 4.78 is 0. The Kier molecular flexibility index (Phi) is 2.21. The number of pyridine rings is 1.